The number of hydrogen-bond donors (Lipinski definition) is 0. The summed E-state index contributed by atoms with van der Waals surface area (Å²) in [4.78, 5) is 29.0. The Morgan fingerprint density at radius 1 is 1.17 bits per heavy atom. The van der Waals surface area contributed by atoms with Gasteiger partial charge < -0.3 is 19.1 Å². The smallest absolute Gasteiger partial charge is 0.249 e. The molecule has 0 saturated carbocycles. The lowest BCUT2D eigenvalue weighted by Gasteiger charge is -2.30. The first-order chi connectivity index (χ1) is 14.1. The fourth-order valence-corrected chi connectivity index (χ4v) is 4.55. The molecule has 0 bridgehead atoms. The van der Waals surface area contributed by atoms with Gasteiger partial charge >= 0.3 is 0 Å². The van der Waals surface area contributed by atoms with Gasteiger partial charge in [-0.05, 0) is 17.7 Å². The third-order valence-corrected chi connectivity index (χ3v) is 5.85. The highest BCUT2D eigenvalue weighted by Gasteiger charge is 2.49. The van der Waals surface area contributed by atoms with E-state index in [0.29, 0.717) is 32.6 Å². The summed E-state index contributed by atoms with van der Waals surface area (Å²) < 4.78 is 20.7. The lowest BCUT2D eigenvalue weighted by Crippen LogP contribution is -2.39. The van der Waals surface area contributed by atoms with Crippen molar-refractivity contribution in [1.82, 2.24) is 24.6 Å². The predicted molar refractivity (Wildman–Crippen MR) is 101 cm³/mol. The topological polar surface area (TPSA) is 80.6 Å². The largest absolute Gasteiger partial charge is 0.375 e. The van der Waals surface area contributed by atoms with Crippen molar-refractivity contribution in [2.45, 2.75) is 19.0 Å². The van der Waals surface area contributed by atoms with E-state index in [1.165, 1.54) is 19.2 Å². The second-order valence-electron chi connectivity index (χ2n) is 7.65. The average Bonchev–Trinajstić information content (AvgIpc) is 3.42. The molecule has 2 saturated heterocycles. The number of rotatable bonds is 6. The highest BCUT2D eigenvalue weighted by molar-refractivity contribution is 5.79. The Balaban J connectivity index is 1.49. The minimum absolute atomic E-state index is 0.00710. The molecule has 2 aromatic rings. The van der Waals surface area contributed by atoms with Crippen molar-refractivity contribution < 1.29 is 18.7 Å². The number of ether oxygens (including phenoxy) is 1. The fraction of sp³-hybridized carbons (Fsp3) is 0.500. The summed E-state index contributed by atoms with van der Waals surface area (Å²) in [5.74, 6) is -0.119. The van der Waals surface area contributed by atoms with Crippen LogP contribution in [0.4, 0.5) is 4.39 Å². The lowest BCUT2D eigenvalue weighted by molar-refractivity contribution is -0.137. The molecule has 2 aliphatic rings. The molecule has 2 fully saturated rings. The van der Waals surface area contributed by atoms with E-state index in [9.17, 15) is 14.0 Å². The van der Waals surface area contributed by atoms with Crippen LogP contribution in [-0.4, -0.2) is 69.7 Å². The van der Waals surface area contributed by atoms with Gasteiger partial charge in [0.05, 0.1) is 6.04 Å². The van der Waals surface area contributed by atoms with Gasteiger partial charge in [-0.2, -0.15) is 0 Å². The normalized spacial score (nSPS) is 23.4. The van der Waals surface area contributed by atoms with E-state index < -0.39 is 0 Å². The van der Waals surface area contributed by atoms with Crippen LogP contribution in [0.5, 0.6) is 0 Å². The average molecular weight is 401 g/mol. The van der Waals surface area contributed by atoms with Gasteiger partial charge in [-0.3, -0.25) is 9.59 Å². The van der Waals surface area contributed by atoms with Crippen LogP contribution in [0.25, 0.3) is 0 Å². The zero-order chi connectivity index (χ0) is 20.4. The minimum atomic E-state index is -0.329. The van der Waals surface area contributed by atoms with Gasteiger partial charge in [-0.1, -0.05) is 12.1 Å². The van der Waals surface area contributed by atoms with Crippen LogP contribution in [0, 0.1) is 17.7 Å². The van der Waals surface area contributed by atoms with Gasteiger partial charge in [-0.15, -0.1) is 10.2 Å². The van der Waals surface area contributed by atoms with Crippen LogP contribution in [0.1, 0.15) is 18.0 Å². The third kappa shape index (κ3) is 4.00. The molecule has 1 aromatic carbocycles. The van der Waals surface area contributed by atoms with Crippen molar-refractivity contribution in [2.75, 3.05) is 33.4 Å². The Morgan fingerprint density at radius 2 is 1.97 bits per heavy atom. The Morgan fingerprint density at radius 3 is 2.69 bits per heavy atom. The highest BCUT2D eigenvalue weighted by atomic mass is 19.1. The van der Waals surface area contributed by atoms with Gasteiger partial charge in [0.25, 0.3) is 0 Å². The molecule has 8 nitrogen and oxygen atoms in total. The van der Waals surface area contributed by atoms with E-state index in [2.05, 4.69) is 10.2 Å². The number of likely N-dealkylation sites (tertiary alicyclic amines) is 2. The van der Waals surface area contributed by atoms with Crippen LogP contribution in [-0.2, 0) is 20.9 Å². The minimum Gasteiger partial charge on any atom is -0.375 e. The van der Waals surface area contributed by atoms with Gasteiger partial charge in [0.15, 0.2) is 0 Å². The second-order valence-corrected chi connectivity index (χ2v) is 7.65. The standard InChI is InChI=1S/C20H24FN5O3/c1-29-11-19(28)26-9-15-8-25(18(27)5-6-24-12-22-23-13-24)10-17(15)20(26)14-3-2-4-16(21)7-14/h2-4,7,12-13,15,17,20H,5-6,8-11H2,1H3/t15-,17-,20+/m1/s1. The molecule has 0 radical (unpaired) electrons. The summed E-state index contributed by atoms with van der Waals surface area (Å²) in [5, 5.41) is 7.49. The summed E-state index contributed by atoms with van der Waals surface area (Å²) in [6.45, 7) is 2.23. The first-order valence-corrected chi connectivity index (χ1v) is 9.71. The van der Waals surface area contributed by atoms with Crippen molar-refractivity contribution in [3.8, 4) is 0 Å². The fourth-order valence-electron chi connectivity index (χ4n) is 4.55. The molecule has 0 aliphatic carbocycles. The number of aryl methyl sites for hydroxylation is 1. The monoisotopic (exact) mass is 401 g/mol. The number of benzene rings is 1. The zero-order valence-electron chi connectivity index (χ0n) is 16.3. The van der Waals surface area contributed by atoms with Crippen LogP contribution >= 0.6 is 0 Å². The van der Waals surface area contributed by atoms with Crippen molar-refractivity contribution in [3.05, 3.63) is 48.3 Å². The van der Waals surface area contributed by atoms with E-state index in [1.54, 1.807) is 28.2 Å². The molecule has 29 heavy (non-hydrogen) atoms. The van der Waals surface area contributed by atoms with Crippen molar-refractivity contribution in [2.24, 2.45) is 11.8 Å². The van der Waals surface area contributed by atoms with Gasteiger partial charge in [-0.25, -0.2) is 4.39 Å². The first kappa shape index (κ1) is 19.5. The Hall–Kier alpha value is -2.81. The maximum absolute atomic E-state index is 13.9. The molecule has 3 atom stereocenters. The molecular weight excluding hydrogens is 377 g/mol. The maximum atomic E-state index is 13.9. The Labute approximate surface area is 168 Å². The molecule has 0 unspecified atom stereocenters. The first-order valence-electron chi connectivity index (χ1n) is 9.71. The molecular formula is C20H24FN5O3. The number of fused-ring (bicyclic) bond motifs is 1. The number of halogens is 1. The lowest BCUT2D eigenvalue weighted by atomic mass is 9.89. The Bertz CT molecular complexity index is 875. The summed E-state index contributed by atoms with van der Waals surface area (Å²) in [7, 11) is 1.49. The third-order valence-electron chi connectivity index (χ3n) is 5.85. The van der Waals surface area contributed by atoms with Gasteiger partial charge in [0.2, 0.25) is 11.8 Å². The SMILES string of the molecule is COCC(=O)N1C[C@H]2CN(C(=O)CCn3cnnc3)C[C@H]2[C@@H]1c1cccc(F)c1. The van der Waals surface area contributed by atoms with Crippen LogP contribution in [0.15, 0.2) is 36.9 Å². The molecule has 9 heteroatoms. The summed E-state index contributed by atoms with van der Waals surface area (Å²) in [6, 6.07) is 6.13. The maximum Gasteiger partial charge on any atom is 0.249 e. The molecule has 0 spiro atoms. The molecule has 2 amide bonds. The van der Waals surface area contributed by atoms with Crippen molar-refractivity contribution in [1.29, 1.82) is 0 Å². The molecule has 4 rings (SSSR count). The summed E-state index contributed by atoms with van der Waals surface area (Å²) in [5.41, 5.74) is 0.765. The van der Waals surface area contributed by atoms with E-state index >= 15 is 0 Å². The highest BCUT2D eigenvalue weighted by Crippen LogP contribution is 2.45. The Kier molecular flexibility index (Phi) is 5.57. The summed E-state index contributed by atoms with van der Waals surface area (Å²) >= 11 is 0. The molecule has 3 heterocycles. The predicted octanol–water partition coefficient (Wildman–Crippen LogP) is 1.11. The van der Waals surface area contributed by atoms with E-state index in [1.807, 2.05) is 11.0 Å². The summed E-state index contributed by atoms with van der Waals surface area (Å²) in [6.07, 6.45) is 3.55. The number of nitrogens with zero attached hydrogens (tertiary/aromatic N) is 5. The molecule has 2 aliphatic heterocycles. The van der Waals surface area contributed by atoms with Crippen molar-refractivity contribution >= 4 is 11.8 Å². The number of hydrogen-bond acceptors (Lipinski definition) is 5. The van der Waals surface area contributed by atoms with E-state index in [-0.39, 0.29) is 42.1 Å². The second kappa shape index (κ2) is 8.28. The number of aromatic nitrogens is 3. The molecule has 1 aromatic heterocycles. The quantitative estimate of drug-likeness (QED) is 0.725. The number of amides is 2. The molecule has 154 valence electrons. The van der Waals surface area contributed by atoms with Gasteiger partial charge in [0.1, 0.15) is 25.1 Å². The van der Waals surface area contributed by atoms with Crippen LogP contribution in [0.3, 0.4) is 0 Å². The van der Waals surface area contributed by atoms with Crippen LogP contribution in [0.2, 0.25) is 0 Å². The van der Waals surface area contributed by atoms with Crippen molar-refractivity contribution in [3.63, 3.8) is 0 Å². The van der Waals surface area contributed by atoms with E-state index in [0.717, 1.165) is 5.56 Å². The molecule has 0 N–H and O–H groups in total. The van der Waals surface area contributed by atoms with Crippen LogP contribution < -0.4 is 0 Å². The number of carbonyl (C=O) groups is 2. The number of methoxy groups -OCH3 is 1. The number of carbonyl (C=O) groups excluding carboxylic acids is 2. The van der Waals surface area contributed by atoms with E-state index in [4.69, 9.17) is 4.74 Å². The zero-order valence-corrected chi connectivity index (χ0v) is 16.3. The van der Waals surface area contributed by atoms with Gasteiger partial charge in [0, 0.05) is 51.5 Å².